The lowest BCUT2D eigenvalue weighted by Gasteiger charge is -2.64. The van der Waals surface area contributed by atoms with E-state index in [1.54, 1.807) is 41.7 Å². The number of hydrogen-bond donors (Lipinski definition) is 2. The van der Waals surface area contributed by atoms with Gasteiger partial charge >= 0.3 is 0 Å². The fraction of sp³-hybridized carbons (Fsp3) is 0.536. The molecule has 1 saturated heterocycles. The van der Waals surface area contributed by atoms with Crippen LogP contribution in [0.5, 0.6) is 11.5 Å². The predicted molar refractivity (Wildman–Crippen MR) is 131 cm³/mol. The first-order chi connectivity index (χ1) is 16.8. The van der Waals surface area contributed by atoms with Crippen molar-refractivity contribution in [2.75, 3.05) is 20.1 Å². The van der Waals surface area contributed by atoms with Gasteiger partial charge in [0.25, 0.3) is 0 Å². The summed E-state index contributed by atoms with van der Waals surface area (Å²) >= 11 is 0. The second-order valence-electron chi connectivity index (χ2n) is 11.2. The highest BCUT2D eigenvalue weighted by Gasteiger charge is 2.73. The number of hydrogen-bond acceptors (Lipinski definition) is 6. The quantitative estimate of drug-likeness (QED) is 0.641. The van der Waals surface area contributed by atoms with Crippen LogP contribution in [0.25, 0.3) is 6.08 Å². The number of phenols is 1. The Kier molecular flexibility index (Phi) is 5.10. The molecule has 6 rings (SSSR count). The van der Waals surface area contributed by atoms with E-state index in [-0.39, 0.29) is 23.7 Å². The van der Waals surface area contributed by atoms with Crippen LogP contribution in [0, 0.1) is 5.92 Å². The maximum Gasteiger partial charge on any atom is 0.246 e. The second kappa shape index (κ2) is 7.87. The lowest BCUT2D eigenvalue weighted by molar-refractivity contribution is -0.200. The van der Waals surface area contributed by atoms with E-state index in [1.807, 2.05) is 13.1 Å². The van der Waals surface area contributed by atoms with E-state index >= 15 is 0 Å². The largest absolute Gasteiger partial charge is 0.504 e. The molecule has 2 aromatic rings. The first-order valence-electron chi connectivity index (χ1n) is 12.7. The Morgan fingerprint density at radius 3 is 2.89 bits per heavy atom. The molecule has 1 amide bonds. The molecule has 2 fully saturated rings. The summed E-state index contributed by atoms with van der Waals surface area (Å²) in [5.41, 5.74) is 1.35. The molecule has 2 N–H and O–H groups in total. The van der Waals surface area contributed by atoms with Crippen molar-refractivity contribution in [3.63, 3.8) is 0 Å². The molecule has 2 bridgehead atoms. The summed E-state index contributed by atoms with van der Waals surface area (Å²) in [6.45, 7) is 6.24. The molecule has 7 nitrogen and oxygen atoms in total. The van der Waals surface area contributed by atoms with Gasteiger partial charge in [-0.1, -0.05) is 19.9 Å². The van der Waals surface area contributed by atoms with Gasteiger partial charge in [0.15, 0.2) is 11.5 Å². The van der Waals surface area contributed by atoms with Crippen LogP contribution in [0.1, 0.15) is 49.8 Å². The number of benzene rings is 1. The topological polar surface area (TPSA) is 86.4 Å². The van der Waals surface area contributed by atoms with Gasteiger partial charge in [0.2, 0.25) is 5.91 Å². The summed E-state index contributed by atoms with van der Waals surface area (Å²) < 4.78 is 11.7. The highest BCUT2D eigenvalue weighted by Crippen LogP contribution is 2.65. The molecule has 0 unspecified atom stereocenters. The van der Waals surface area contributed by atoms with Gasteiger partial charge < -0.3 is 24.3 Å². The Morgan fingerprint density at radius 2 is 2.14 bits per heavy atom. The van der Waals surface area contributed by atoms with E-state index in [9.17, 15) is 15.0 Å². The SMILES string of the molecule is CC(C)CN1CC[C@]23c4c5ccc(O)c4O[C@H]2[C@@H](N(C)C(=O)/C=C/c2ccoc2)CC[C@@]3(O)[C@H]1C5. The van der Waals surface area contributed by atoms with E-state index in [0.29, 0.717) is 24.5 Å². The molecule has 4 aliphatic rings. The monoisotopic (exact) mass is 478 g/mol. The molecule has 35 heavy (non-hydrogen) atoms. The van der Waals surface area contributed by atoms with E-state index < -0.39 is 17.1 Å². The minimum atomic E-state index is -0.968. The van der Waals surface area contributed by atoms with Gasteiger partial charge in [-0.05, 0) is 61.9 Å². The Morgan fingerprint density at radius 1 is 1.31 bits per heavy atom. The number of ether oxygens (including phenoxy) is 1. The Labute approximate surface area is 206 Å². The van der Waals surface area contributed by atoms with Crippen LogP contribution < -0.4 is 4.74 Å². The summed E-state index contributed by atoms with van der Waals surface area (Å²) in [7, 11) is 1.81. The van der Waals surface area contributed by atoms with Crippen molar-refractivity contribution in [3.8, 4) is 11.5 Å². The van der Waals surface area contributed by atoms with Crippen LogP contribution in [0.3, 0.4) is 0 Å². The molecule has 2 aliphatic heterocycles. The Balaban J connectivity index is 1.40. The van der Waals surface area contributed by atoms with Gasteiger partial charge in [0, 0.05) is 36.8 Å². The maximum absolute atomic E-state index is 13.2. The molecule has 2 aliphatic carbocycles. The average Bonchev–Trinajstić information content (AvgIpc) is 3.46. The van der Waals surface area contributed by atoms with Crippen molar-refractivity contribution in [1.29, 1.82) is 0 Å². The molecular formula is C28H34N2O5. The van der Waals surface area contributed by atoms with E-state index in [2.05, 4.69) is 18.7 Å². The number of aromatic hydroxyl groups is 1. The van der Waals surface area contributed by atoms with Crippen LogP contribution in [0.2, 0.25) is 0 Å². The number of likely N-dealkylation sites (N-methyl/N-ethyl adjacent to an activating group) is 1. The van der Waals surface area contributed by atoms with Gasteiger partial charge in [-0.15, -0.1) is 0 Å². The van der Waals surface area contributed by atoms with E-state index in [4.69, 9.17) is 9.15 Å². The molecule has 1 aromatic heterocycles. The van der Waals surface area contributed by atoms with Crippen LogP contribution in [0.4, 0.5) is 0 Å². The maximum atomic E-state index is 13.2. The zero-order valence-electron chi connectivity index (χ0n) is 20.6. The predicted octanol–water partition coefficient (Wildman–Crippen LogP) is 3.34. The first-order valence-corrected chi connectivity index (χ1v) is 12.7. The fourth-order valence-corrected chi connectivity index (χ4v) is 7.51. The van der Waals surface area contributed by atoms with Crippen molar-refractivity contribution in [3.05, 3.63) is 53.5 Å². The number of rotatable bonds is 5. The van der Waals surface area contributed by atoms with Gasteiger partial charge in [-0.25, -0.2) is 0 Å². The number of amides is 1. The third-order valence-corrected chi connectivity index (χ3v) is 8.95. The highest BCUT2D eigenvalue weighted by atomic mass is 16.5. The summed E-state index contributed by atoms with van der Waals surface area (Å²) in [5, 5.41) is 23.3. The van der Waals surface area contributed by atoms with Gasteiger partial charge in [0.05, 0.1) is 29.6 Å². The second-order valence-corrected chi connectivity index (χ2v) is 11.2. The molecule has 5 atom stereocenters. The molecule has 7 heteroatoms. The minimum absolute atomic E-state index is 0.00399. The van der Waals surface area contributed by atoms with Crippen LogP contribution in [0.15, 0.2) is 41.2 Å². The number of furan rings is 1. The average molecular weight is 479 g/mol. The summed E-state index contributed by atoms with van der Waals surface area (Å²) in [4.78, 5) is 17.4. The van der Waals surface area contributed by atoms with Crippen LogP contribution in [-0.2, 0) is 16.6 Å². The van der Waals surface area contributed by atoms with Gasteiger partial charge in [0.1, 0.15) is 6.10 Å². The van der Waals surface area contributed by atoms with E-state index in [0.717, 1.165) is 42.6 Å². The zero-order valence-corrected chi connectivity index (χ0v) is 20.6. The number of likely N-dealkylation sites (tertiary alicyclic amines) is 1. The Bertz CT molecular complexity index is 1170. The lowest BCUT2D eigenvalue weighted by Crippen LogP contribution is -2.78. The smallest absolute Gasteiger partial charge is 0.246 e. The fourth-order valence-electron chi connectivity index (χ4n) is 7.51. The molecule has 0 radical (unpaired) electrons. The van der Waals surface area contributed by atoms with Gasteiger partial charge in [-0.2, -0.15) is 0 Å². The number of aliphatic hydroxyl groups is 1. The first kappa shape index (κ1) is 22.7. The number of carbonyl (C=O) groups is 1. The standard InChI is InChI=1S/C28H34N2O5/c1-17(2)15-30-12-11-27-24-19-5-6-21(31)25(24)35-26(27)20(8-10-28(27,33)22(30)14-19)29(3)23(32)7-4-18-9-13-34-16-18/h4-7,9,13,16-17,20,22,26,31,33H,8,10-12,14-15H2,1-3H3/b7-4+/t20-,22+,26-,27-,28+/m0/s1. The summed E-state index contributed by atoms with van der Waals surface area (Å²) in [6, 6.07) is 5.30. The molecule has 3 heterocycles. The van der Waals surface area contributed by atoms with E-state index in [1.165, 1.54) is 0 Å². The highest BCUT2D eigenvalue weighted by molar-refractivity contribution is 5.91. The number of piperidine rings is 1. The third kappa shape index (κ3) is 3.07. The third-order valence-electron chi connectivity index (χ3n) is 8.95. The zero-order chi connectivity index (χ0) is 24.5. The van der Waals surface area contributed by atoms with Crippen LogP contribution >= 0.6 is 0 Å². The molecule has 1 saturated carbocycles. The number of phenolic OH excluding ortho intramolecular Hbond substituents is 1. The number of carbonyl (C=O) groups excluding carboxylic acids is 1. The molecule has 186 valence electrons. The summed E-state index contributed by atoms with van der Waals surface area (Å²) in [6.07, 6.45) is 8.78. The van der Waals surface area contributed by atoms with Crippen LogP contribution in [-0.4, -0.2) is 69.8 Å². The lowest BCUT2D eigenvalue weighted by atomic mass is 9.48. The Hall–Kier alpha value is -2.77. The molecule has 1 spiro atoms. The molecule has 1 aromatic carbocycles. The normalized spacial score (nSPS) is 33.1. The van der Waals surface area contributed by atoms with Crippen molar-refractivity contribution >= 4 is 12.0 Å². The van der Waals surface area contributed by atoms with Crippen molar-refractivity contribution in [2.24, 2.45) is 5.92 Å². The minimum Gasteiger partial charge on any atom is -0.504 e. The molecular weight excluding hydrogens is 444 g/mol. The van der Waals surface area contributed by atoms with Crippen molar-refractivity contribution in [1.82, 2.24) is 9.80 Å². The van der Waals surface area contributed by atoms with Gasteiger partial charge in [-0.3, -0.25) is 9.69 Å². The van der Waals surface area contributed by atoms with Crippen molar-refractivity contribution < 1.29 is 24.2 Å². The summed E-state index contributed by atoms with van der Waals surface area (Å²) in [5.74, 6) is 1.00. The number of nitrogens with zero attached hydrogens (tertiary/aromatic N) is 2. The van der Waals surface area contributed by atoms with Crippen molar-refractivity contribution in [2.45, 2.75) is 68.7 Å².